The molecule has 0 bridgehead atoms. The van der Waals surface area contributed by atoms with Crippen LogP contribution in [0, 0.1) is 0 Å². The van der Waals surface area contributed by atoms with E-state index >= 15 is 0 Å². The highest BCUT2D eigenvalue weighted by molar-refractivity contribution is 5.00. The minimum Gasteiger partial charge on any atom is -0.394 e. The van der Waals surface area contributed by atoms with Crippen LogP contribution in [-0.2, 0) is 52.1 Å². The van der Waals surface area contributed by atoms with Gasteiger partial charge in [-0.15, -0.1) is 0 Å². The zero-order valence-corrected chi connectivity index (χ0v) is 35.1. The molecule has 392 valence electrons. The Bertz CT molecular complexity index is 1520. The minimum absolute atomic E-state index is 0.723. The van der Waals surface area contributed by atoms with Crippen LogP contribution in [0.3, 0.4) is 0 Å². The van der Waals surface area contributed by atoms with Crippen LogP contribution in [-0.4, -0.2) is 326 Å². The predicted molar refractivity (Wildman–Crippen MR) is 199 cm³/mol. The number of hydrogen-bond donors (Lipinski definition) is 20. The monoisotopic (exact) mass is 990 g/mol. The van der Waals surface area contributed by atoms with E-state index < -0.39 is 224 Å². The summed E-state index contributed by atoms with van der Waals surface area (Å²) in [5.74, 6) is -2.75. The van der Waals surface area contributed by atoms with Gasteiger partial charge in [-0.2, -0.15) is 0 Å². The van der Waals surface area contributed by atoms with Gasteiger partial charge in [0.25, 0.3) is 0 Å². The second-order valence-electron chi connectivity index (χ2n) is 17.0. The van der Waals surface area contributed by atoms with Crippen molar-refractivity contribution in [1.29, 1.82) is 0 Å². The zero-order valence-electron chi connectivity index (χ0n) is 35.1. The molecule has 6 heterocycles. The summed E-state index contributed by atoms with van der Waals surface area (Å²) in [7, 11) is 0. The lowest BCUT2D eigenvalue weighted by molar-refractivity contribution is -0.400. The van der Waals surface area contributed by atoms with Crippen LogP contribution in [0.5, 0.6) is 0 Å². The Kier molecular flexibility index (Phi) is 19.0. The molecule has 6 aliphatic heterocycles. The van der Waals surface area contributed by atoms with E-state index in [1.807, 2.05) is 0 Å². The molecular formula is C36H62O31. The molecule has 29 atom stereocenters. The molecule has 0 saturated carbocycles. The molecule has 0 aromatic carbocycles. The summed E-state index contributed by atoms with van der Waals surface area (Å²) in [5.41, 5.74) is 0. The van der Waals surface area contributed by atoms with Gasteiger partial charge in [0, 0.05) is 0 Å². The van der Waals surface area contributed by atoms with Gasteiger partial charge in [-0.1, -0.05) is 0 Å². The van der Waals surface area contributed by atoms with Gasteiger partial charge < -0.3 is 154 Å². The summed E-state index contributed by atoms with van der Waals surface area (Å²) in [6.07, 6.45) is -52.3. The smallest absolute Gasteiger partial charge is 0.224 e. The van der Waals surface area contributed by atoms with E-state index in [2.05, 4.69) is 0 Å². The zero-order chi connectivity index (χ0) is 49.4. The fraction of sp³-hybridized carbons (Fsp3) is 1.00. The summed E-state index contributed by atoms with van der Waals surface area (Å²) in [4.78, 5) is 0. The van der Waals surface area contributed by atoms with Crippen LogP contribution >= 0.6 is 0 Å². The van der Waals surface area contributed by atoms with Crippen LogP contribution in [0.25, 0.3) is 0 Å². The first kappa shape index (κ1) is 55.1. The van der Waals surface area contributed by atoms with E-state index in [0.717, 1.165) is 0 Å². The van der Waals surface area contributed by atoms with Crippen molar-refractivity contribution in [3.8, 4) is 0 Å². The molecule has 67 heavy (non-hydrogen) atoms. The van der Waals surface area contributed by atoms with Gasteiger partial charge in [0.05, 0.1) is 39.6 Å². The Morgan fingerprint density at radius 2 is 0.582 bits per heavy atom. The van der Waals surface area contributed by atoms with Crippen LogP contribution in [0.1, 0.15) is 0 Å². The second kappa shape index (κ2) is 23.1. The number of ether oxygens (including phenoxy) is 11. The SMILES string of the molecule is OCC1OC(OCC2OC(OCC3OC(OCC4(OC5OC(COC6OC(CO)C(O)C(O)C6O)C(O)C(O)C5O)OC(CO)C(O)C4O)C(O)C(O)C3O)C(O)C(O)C2O)C(O)C(O)C1O. The maximum Gasteiger partial charge on any atom is 0.224 e. The minimum atomic E-state index is -2.75. The van der Waals surface area contributed by atoms with Crippen molar-refractivity contribution in [3.63, 3.8) is 0 Å². The Morgan fingerprint density at radius 1 is 0.299 bits per heavy atom. The lowest BCUT2D eigenvalue weighted by Crippen LogP contribution is -2.64. The third kappa shape index (κ3) is 11.4. The molecule has 0 radical (unpaired) electrons. The molecule has 29 unspecified atom stereocenters. The average molecular weight is 991 g/mol. The molecule has 0 aromatic heterocycles. The summed E-state index contributed by atoms with van der Waals surface area (Å²) in [5, 5.41) is 208. The van der Waals surface area contributed by atoms with E-state index in [9.17, 15) is 102 Å². The van der Waals surface area contributed by atoms with E-state index in [0.29, 0.717) is 0 Å². The van der Waals surface area contributed by atoms with E-state index in [4.69, 9.17) is 52.1 Å². The van der Waals surface area contributed by atoms with Gasteiger partial charge in [-0.3, -0.25) is 0 Å². The summed E-state index contributed by atoms with van der Waals surface area (Å²) < 4.78 is 60.6. The van der Waals surface area contributed by atoms with Crippen molar-refractivity contribution >= 4 is 0 Å². The normalized spacial score (nSPS) is 53.2. The molecule has 6 aliphatic rings. The van der Waals surface area contributed by atoms with Crippen molar-refractivity contribution in [1.82, 2.24) is 0 Å². The highest BCUT2D eigenvalue weighted by Gasteiger charge is 2.60. The molecule has 6 fully saturated rings. The maximum absolute atomic E-state index is 11.2. The largest absolute Gasteiger partial charge is 0.394 e. The van der Waals surface area contributed by atoms with Crippen molar-refractivity contribution in [2.24, 2.45) is 0 Å². The first-order valence-corrected chi connectivity index (χ1v) is 21.1. The number of rotatable bonds is 17. The van der Waals surface area contributed by atoms with Crippen molar-refractivity contribution < 1.29 is 154 Å². The van der Waals surface area contributed by atoms with Gasteiger partial charge in [0.1, 0.15) is 147 Å². The topological polar surface area (TPSA) is 506 Å². The third-order valence-electron chi connectivity index (χ3n) is 12.4. The predicted octanol–water partition coefficient (Wildman–Crippen LogP) is -14.1. The van der Waals surface area contributed by atoms with Crippen molar-refractivity contribution in [3.05, 3.63) is 0 Å². The average Bonchev–Trinajstić information content (AvgIpc) is 3.55. The molecule has 6 rings (SSSR count). The maximum atomic E-state index is 11.2. The van der Waals surface area contributed by atoms with Gasteiger partial charge >= 0.3 is 0 Å². The van der Waals surface area contributed by atoms with Crippen LogP contribution in [0.4, 0.5) is 0 Å². The van der Waals surface area contributed by atoms with E-state index in [1.54, 1.807) is 0 Å². The molecule has 31 heteroatoms. The van der Waals surface area contributed by atoms with Gasteiger partial charge in [0.2, 0.25) is 5.79 Å². The number of aliphatic hydroxyl groups excluding tert-OH is 20. The first-order valence-electron chi connectivity index (χ1n) is 21.1. The molecule has 0 aromatic rings. The first-order chi connectivity index (χ1) is 31.6. The third-order valence-corrected chi connectivity index (χ3v) is 12.4. The highest BCUT2D eigenvalue weighted by Crippen LogP contribution is 2.38. The fourth-order valence-corrected chi connectivity index (χ4v) is 8.16. The van der Waals surface area contributed by atoms with Crippen LogP contribution in [0.2, 0.25) is 0 Å². The Morgan fingerprint density at radius 3 is 0.910 bits per heavy atom. The number of aliphatic hydroxyl groups is 20. The molecule has 0 amide bonds. The highest BCUT2D eigenvalue weighted by atomic mass is 16.8. The molecule has 31 nitrogen and oxygen atoms in total. The molecule has 6 saturated heterocycles. The summed E-state index contributed by atoms with van der Waals surface area (Å²) >= 11 is 0. The molecule has 20 N–H and O–H groups in total. The molecule has 0 spiro atoms. The van der Waals surface area contributed by atoms with Gasteiger partial charge in [-0.25, -0.2) is 0 Å². The van der Waals surface area contributed by atoms with E-state index in [1.165, 1.54) is 0 Å². The Hall–Kier alpha value is -1.24. The van der Waals surface area contributed by atoms with Crippen LogP contribution < -0.4 is 0 Å². The number of hydrogen-bond acceptors (Lipinski definition) is 31. The molecular weight excluding hydrogens is 928 g/mol. The van der Waals surface area contributed by atoms with Gasteiger partial charge in [0.15, 0.2) is 31.5 Å². The van der Waals surface area contributed by atoms with Crippen molar-refractivity contribution in [2.75, 3.05) is 46.2 Å². The lowest BCUT2D eigenvalue weighted by Gasteiger charge is -2.46. The summed E-state index contributed by atoms with van der Waals surface area (Å²) in [6.45, 7) is -6.12. The second-order valence-corrected chi connectivity index (χ2v) is 17.0. The lowest BCUT2D eigenvalue weighted by atomic mass is 9.98. The fourth-order valence-electron chi connectivity index (χ4n) is 8.16. The Labute approximate surface area is 378 Å². The molecule has 0 aliphatic carbocycles. The summed E-state index contributed by atoms with van der Waals surface area (Å²) in [6, 6.07) is 0. The van der Waals surface area contributed by atoms with Crippen LogP contribution in [0.15, 0.2) is 0 Å². The standard InChI is InChI=1S/C36H62O31/c37-1-8-14(40)20(46)25(51)31(61-8)57-4-11-16(42)22(48)27(53)33(63-11)59-5-12-17(43)23(49)28(54)34(64-12)60-7-36(30(56)19(45)10(3-39)66-36)67-35-29(55)24(50)18(44)13(65-35)6-58-32-26(52)21(47)15(41)9(2-38)62-32/h8-35,37-56H,1-7H2. The van der Waals surface area contributed by atoms with Crippen molar-refractivity contribution in [2.45, 2.75) is 178 Å². The van der Waals surface area contributed by atoms with E-state index in [-0.39, 0.29) is 0 Å². The Balaban J connectivity index is 1.11. The van der Waals surface area contributed by atoms with Gasteiger partial charge in [-0.05, 0) is 0 Å². The quantitative estimate of drug-likeness (QED) is 0.0643.